The van der Waals surface area contributed by atoms with E-state index in [1.165, 1.54) is 23.1 Å². The van der Waals surface area contributed by atoms with Crippen LogP contribution in [0.3, 0.4) is 0 Å². The number of hydrogen-bond donors (Lipinski definition) is 1. The lowest BCUT2D eigenvalue weighted by Crippen LogP contribution is -2.11. The molecule has 0 spiro atoms. The fourth-order valence-electron chi connectivity index (χ4n) is 2.69. The summed E-state index contributed by atoms with van der Waals surface area (Å²) in [5.74, 6) is 0. The van der Waals surface area contributed by atoms with Crippen LogP contribution in [0.4, 0.5) is 0 Å². The lowest BCUT2D eigenvalue weighted by molar-refractivity contribution is 0.235. The molecule has 1 heterocycles. The topological polar surface area (TPSA) is 32.8 Å². The Hall–Kier alpha value is -0.860. The standard InChI is InChI=1S/C20H34O2/c1-16(2)9-6-10-17(3)11-7-12-18(4)13-8-14-20(5)19(15-21)22-20/h9,11,13,19,21H,6-8,10,12,14-15H2,1-5H3/b17-11+,18-13+/t19-,20+/m0/s1. The number of allylic oxidation sites excluding steroid dienone is 6. The van der Waals surface area contributed by atoms with Crippen molar-refractivity contribution in [2.45, 2.75) is 84.8 Å². The zero-order chi connectivity index (χ0) is 16.6. The van der Waals surface area contributed by atoms with Crippen molar-refractivity contribution in [1.29, 1.82) is 0 Å². The minimum atomic E-state index is -0.0764. The average molecular weight is 306 g/mol. The molecule has 0 aromatic rings. The summed E-state index contributed by atoms with van der Waals surface area (Å²) >= 11 is 0. The minimum Gasteiger partial charge on any atom is -0.394 e. The third kappa shape index (κ3) is 7.42. The molecular weight excluding hydrogens is 272 g/mol. The molecule has 0 saturated carbocycles. The van der Waals surface area contributed by atoms with Gasteiger partial charge >= 0.3 is 0 Å². The minimum absolute atomic E-state index is 0.0626. The predicted octanol–water partition coefficient (Wildman–Crippen LogP) is 5.34. The molecule has 0 aromatic carbocycles. The second-order valence-corrected chi connectivity index (χ2v) is 7.10. The van der Waals surface area contributed by atoms with Gasteiger partial charge in [-0.05, 0) is 73.1 Å². The van der Waals surface area contributed by atoms with Crippen molar-refractivity contribution in [1.82, 2.24) is 0 Å². The van der Waals surface area contributed by atoms with Gasteiger partial charge in [0.15, 0.2) is 0 Å². The van der Waals surface area contributed by atoms with E-state index >= 15 is 0 Å². The number of aliphatic hydroxyl groups excluding tert-OH is 1. The molecule has 0 unspecified atom stereocenters. The van der Waals surface area contributed by atoms with Crippen molar-refractivity contribution < 1.29 is 9.84 Å². The summed E-state index contributed by atoms with van der Waals surface area (Å²) in [6.45, 7) is 11.0. The highest BCUT2D eigenvalue weighted by Crippen LogP contribution is 2.39. The van der Waals surface area contributed by atoms with E-state index in [1.54, 1.807) is 0 Å². The second-order valence-electron chi connectivity index (χ2n) is 7.10. The molecule has 2 nitrogen and oxygen atoms in total. The van der Waals surface area contributed by atoms with Gasteiger partial charge in [-0.2, -0.15) is 0 Å². The molecule has 1 saturated heterocycles. The molecule has 1 rings (SSSR count). The molecular formula is C20H34O2. The Balaban J connectivity index is 2.18. The molecule has 22 heavy (non-hydrogen) atoms. The average Bonchev–Trinajstić information content (AvgIpc) is 3.09. The molecule has 0 aromatic heterocycles. The van der Waals surface area contributed by atoms with E-state index in [0.29, 0.717) is 0 Å². The highest BCUT2D eigenvalue weighted by molar-refractivity contribution is 5.06. The van der Waals surface area contributed by atoms with E-state index in [4.69, 9.17) is 9.84 Å². The van der Waals surface area contributed by atoms with Gasteiger partial charge in [0.1, 0.15) is 6.10 Å². The molecule has 1 N–H and O–H groups in total. The summed E-state index contributed by atoms with van der Waals surface area (Å²) in [5, 5.41) is 9.06. The van der Waals surface area contributed by atoms with Crippen molar-refractivity contribution in [3.63, 3.8) is 0 Å². The van der Waals surface area contributed by atoms with Crippen LogP contribution >= 0.6 is 0 Å². The first-order valence-corrected chi connectivity index (χ1v) is 8.60. The Morgan fingerprint density at radius 3 is 2.00 bits per heavy atom. The van der Waals surface area contributed by atoms with Gasteiger partial charge in [0.25, 0.3) is 0 Å². The molecule has 2 heteroatoms. The fraction of sp³-hybridized carbons (Fsp3) is 0.700. The van der Waals surface area contributed by atoms with Crippen LogP contribution in [0.25, 0.3) is 0 Å². The van der Waals surface area contributed by atoms with Crippen LogP contribution in [-0.4, -0.2) is 23.4 Å². The molecule has 1 fully saturated rings. The monoisotopic (exact) mass is 306 g/mol. The Morgan fingerprint density at radius 2 is 1.50 bits per heavy atom. The van der Waals surface area contributed by atoms with E-state index < -0.39 is 0 Å². The molecule has 1 aliphatic rings. The molecule has 2 atom stereocenters. The normalized spacial score (nSPS) is 25.3. The van der Waals surface area contributed by atoms with Crippen molar-refractivity contribution in [3.8, 4) is 0 Å². The first-order chi connectivity index (χ1) is 10.4. The van der Waals surface area contributed by atoms with Crippen LogP contribution in [0.2, 0.25) is 0 Å². The van der Waals surface area contributed by atoms with Crippen LogP contribution in [0, 0.1) is 0 Å². The van der Waals surface area contributed by atoms with Crippen molar-refractivity contribution in [3.05, 3.63) is 34.9 Å². The summed E-state index contributed by atoms with van der Waals surface area (Å²) < 4.78 is 5.51. The second kappa shape index (κ2) is 9.32. The van der Waals surface area contributed by atoms with Gasteiger partial charge in [-0.25, -0.2) is 0 Å². The Morgan fingerprint density at radius 1 is 0.955 bits per heavy atom. The van der Waals surface area contributed by atoms with E-state index in [2.05, 4.69) is 52.8 Å². The zero-order valence-electron chi connectivity index (χ0n) is 15.1. The lowest BCUT2D eigenvalue weighted by atomic mass is 10.00. The van der Waals surface area contributed by atoms with Crippen molar-refractivity contribution >= 4 is 0 Å². The Labute approximate surface area is 137 Å². The quantitative estimate of drug-likeness (QED) is 0.437. The van der Waals surface area contributed by atoms with Gasteiger partial charge in [0.05, 0.1) is 12.2 Å². The van der Waals surface area contributed by atoms with Crippen molar-refractivity contribution in [2.75, 3.05) is 6.61 Å². The molecule has 0 amide bonds. The Bertz CT molecular complexity index is 427. The lowest BCUT2D eigenvalue weighted by Gasteiger charge is -2.04. The summed E-state index contributed by atoms with van der Waals surface area (Å²) in [6.07, 6.45) is 13.7. The fourth-order valence-corrected chi connectivity index (χ4v) is 2.69. The SMILES string of the molecule is CC(C)=CCC/C(C)=C/CC/C(C)=C/CC[C@@]1(C)O[C@H]1CO. The summed E-state index contributed by atoms with van der Waals surface area (Å²) in [4.78, 5) is 0. The maximum Gasteiger partial charge on any atom is 0.110 e. The van der Waals surface area contributed by atoms with E-state index in [0.717, 1.165) is 32.1 Å². The number of hydrogen-bond acceptors (Lipinski definition) is 2. The molecule has 0 aliphatic carbocycles. The van der Waals surface area contributed by atoms with Crippen LogP contribution < -0.4 is 0 Å². The highest BCUT2D eigenvalue weighted by atomic mass is 16.6. The van der Waals surface area contributed by atoms with Gasteiger partial charge < -0.3 is 9.84 Å². The number of ether oxygens (including phenoxy) is 1. The summed E-state index contributed by atoms with van der Waals surface area (Å²) in [5.41, 5.74) is 4.28. The van der Waals surface area contributed by atoms with Gasteiger partial charge in [-0.1, -0.05) is 34.9 Å². The first-order valence-electron chi connectivity index (χ1n) is 8.60. The van der Waals surface area contributed by atoms with E-state index in [1.807, 2.05) is 0 Å². The smallest absolute Gasteiger partial charge is 0.110 e. The largest absolute Gasteiger partial charge is 0.394 e. The third-order valence-electron chi connectivity index (χ3n) is 4.46. The Kier molecular flexibility index (Phi) is 8.13. The first kappa shape index (κ1) is 19.2. The van der Waals surface area contributed by atoms with E-state index in [9.17, 15) is 0 Å². The van der Waals surface area contributed by atoms with Gasteiger partial charge in [0.2, 0.25) is 0 Å². The molecule has 126 valence electrons. The van der Waals surface area contributed by atoms with Gasteiger partial charge in [-0.3, -0.25) is 0 Å². The maximum absolute atomic E-state index is 9.06. The summed E-state index contributed by atoms with van der Waals surface area (Å²) in [7, 11) is 0. The third-order valence-corrected chi connectivity index (χ3v) is 4.46. The zero-order valence-corrected chi connectivity index (χ0v) is 15.1. The van der Waals surface area contributed by atoms with Crippen LogP contribution in [-0.2, 0) is 4.74 Å². The van der Waals surface area contributed by atoms with Gasteiger partial charge in [0, 0.05) is 0 Å². The van der Waals surface area contributed by atoms with Crippen LogP contribution in [0.5, 0.6) is 0 Å². The van der Waals surface area contributed by atoms with Crippen molar-refractivity contribution in [2.24, 2.45) is 0 Å². The maximum atomic E-state index is 9.06. The molecule has 0 radical (unpaired) electrons. The van der Waals surface area contributed by atoms with Gasteiger partial charge in [-0.15, -0.1) is 0 Å². The van der Waals surface area contributed by atoms with Crippen LogP contribution in [0.15, 0.2) is 34.9 Å². The van der Waals surface area contributed by atoms with E-state index in [-0.39, 0.29) is 18.3 Å². The number of rotatable bonds is 10. The molecule has 0 bridgehead atoms. The van der Waals surface area contributed by atoms with Crippen LogP contribution in [0.1, 0.15) is 73.1 Å². The highest BCUT2D eigenvalue weighted by Gasteiger charge is 2.50. The molecule has 1 aliphatic heterocycles. The number of epoxide rings is 1. The predicted molar refractivity (Wildman–Crippen MR) is 95.0 cm³/mol. The summed E-state index contributed by atoms with van der Waals surface area (Å²) in [6, 6.07) is 0. The number of aliphatic hydroxyl groups is 1.